The number of likely N-dealkylation sites (N-methyl/N-ethyl adjacent to an activating group) is 1. The quantitative estimate of drug-likeness (QED) is 0.802. The van der Waals surface area contributed by atoms with Gasteiger partial charge in [-0.05, 0) is 31.0 Å². The molecule has 4 rings (SSSR count). The molecule has 2 aliphatic rings. The van der Waals surface area contributed by atoms with E-state index in [0.717, 1.165) is 36.8 Å². The fourth-order valence-electron chi connectivity index (χ4n) is 3.80. The summed E-state index contributed by atoms with van der Waals surface area (Å²) in [4.78, 5) is 6.69. The van der Waals surface area contributed by atoms with Gasteiger partial charge in [0.2, 0.25) is 0 Å². The molecule has 3 heterocycles. The highest BCUT2D eigenvalue weighted by Gasteiger charge is 2.36. The lowest BCUT2D eigenvalue weighted by Gasteiger charge is -2.18. The third-order valence-electron chi connectivity index (χ3n) is 4.78. The lowest BCUT2D eigenvalue weighted by molar-refractivity contribution is 0.287. The third kappa shape index (κ3) is 2.22. The van der Waals surface area contributed by atoms with E-state index in [1.807, 2.05) is 18.5 Å². The monoisotopic (exact) mass is 280 g/mol. The van der Waals surface area contributed by atoms with Crippen LogP contribution in [0, 0.1) is 5.92 Å². The molecule has 3 heteroatoms. The van der Waals surface area contributed by atoms with Gasteiger partial charge < -0.3 is 9.64 Å². The van der Waals surface area contributed by atoms with E-state index in [1.54, 1.807) is 0 Å². The number of para-hydroxylation sites is 1. The van der Waals surface area contributed by atoms with Crippen LogP contribution in [-0.4, -0.2) is 36.6 Å². The Morgan fingerprint density at radius 2 is 2.14 bits per heavy atom. The minimum absolute atomic E-state index is 0.601. The number of rotatable bonds is 1. The molecule has 0 radical (unpaired) electrons. The van der Waals surface area contributed by atoms with Crippen molar-refractivity contribution in [2.75, 3.05) is 26.7 Å². The van der Waals surface area contributed by atoms with Gasteiger partial charge in [-0.3, -0.25) is 4.98 Å². The number of hydrogen-bond acceptors (Lipinski definition) is 3. The van der Waals surface area contributed by atoms with Crippen molar-refractivity contribution in [2.45, 2.75) is 12.3 Å². The maximum atomic E-state index is 6.16. The van der Waals surface area contributed by atoms with E-state index >= 15 is 0 Å². The predicted octanol–water partition coefficient (Wildman–Crippen LogP) is 3.18. The van der Waals surface area contributed by atoms with Gasteiger partial charge in [-0.2, -0.15) is 0 Å². The maximum Gasteiger partial charge on any atom is 0.130 e. The van der Waals surface area contributed by atoms with Crippen LogP contribution in [0.4, 0.5) is 0 Å². The van der Waals surface area contributed by atoms with E-state index in [-0.39, 0.29) is 0 Å². The van der Waals surface area contributed by atoms with Crippen LogP contribution in [0.3, 0.4) is 0 Å². The summed E-state index contributed by atoms with van der Waals surface area (Å²) >= 11 is 0. The van der Waals surface area contributed by atoms with E-state index in [4.69, 9.17) is 4.74 Å². The average molecular weight is 280 g/mol. The number of fused-ring (bicyclic) bond motifs is 3. The summed E-state index contributed by atoms with van der Waals surface area (Å²) in [7, 11) is 2.22. The molecular formula is C18H20N2O. The highest BCUT2D eigenvalue weighted by Crippen LogP contribution is 2.44. The summed E-state index contributed by atoms with van der Waals surface area (Å²) in [6.45, 7) is 3.14. The molecule has 1 unspecified atom stereocenters. The Balaban J connectivity index is 1.83. The van der Waals surface area contributed by atoms with Crippen LogP contribution in [0.15, 0.2) is 42.7 Å². The van der Waals surface area contributed by atoms with Gasteiger partial charge >= 0.3 is 0 Å². The lowest BCUT2D eigenvalue weighted by atomic mass is 9.86. The van der Waals surface area contributed by atoms with Crippen molar-refractivity contribution in [1.29, 1.82) is 0 Å². The molecule has 3 nitrogen and oxygen atoms in total. The molecule has 2 aromatic rings. The van der Waals surface area contributed by atoms with E-state index in [2.05, 4.69) is 41.2 Å². The molecule has 1 saturated heterocycles. The van der Waals surface area contributed by atoms with Crippen LogP contribution < -0.4 is 4.74 Å². The molecule has 1 aromatic carbocycles. The van der Waals surface area contributed by atoms with Gasteiger partial charge in [0.15, 0.2) is 0 Å². The van der Waals surface area contributed by atoms with Crippen LogP contribution in [-0.2, 0) is 0 Å². The summed E-state index contributed by atoms with van der Waals surface area (Å²) in [6, 6.07) is 10.6. The van der Waals surface area contributed by atoms with Crippen LogP contribution in [0.2, 0.25) is 0 Å². The Bertz CT molecular complexity index is 641. The van der Waals surface area contributed by atoms with Gasteiger partial charge in [0.05, 0.1) is 6.61 Å². The molecule has 0 aliphatic carbocycles. The van der Waals surface area contributed by atoms with Crippen molar-refractivity contribution in [3.05, 3.63) is 48.3 Å². The van der Waals surface area contributed by atoms with Crippen LogP contribution >= 0.6 is 0 Å². The second-order valence-electron chi connectivity index (χ2n) is 6.19. The first-order valence-corrected chi connectivity index (χ1v) is 7.67. The summed E-state index contributed by atoms with van der Waals surface area (Å²) in [5, 5.41) is 0. The lowest BCUT2D eigenvalue weighted by Crippen LogP contribution is -2.15. The number of ether oxygens (including phenoxy) is 1. The number of nitrogens with zero attached hydrogens (tertiary/aromatic N) is 2. The smallest absolute Gasteiger partial charge is 0.130 e. The van der Waals surface area contributed by atoms with Crippen molar-refractivity contribution >= 4 is 0 Å². The molecule has 2 aliphatic heterocycles. The van der Waals surface area contributed by atoms with E-state index in [9.17, 15) is 0 Å². The Kier molecular flexibility index (Phi) is 3.15. The number of benzene rings is 1. The molecule has 108 valence electrons. The van der Waals surface area contributed by atoms with Gasteiger partial charge in [0.25, 0.3) is 0 Å². The summed E-state index contributed by atoms with van der Waals surface area (Å²) in [5.74, 6) is 2.40. The minimum Gasteiger partial charge on any atom is -0.493 e. The Labute approximate surface area is 125 Å². The van der Waals surface area contributed by atoms with E-state index in [0.29, 0.717) is 5.92 Å². The van der Waals surface area contributed by atoms with Crippen LogP contribution in [0.25, 0.3) is 11.1 Å². The summed E-state index contributed by atoms with van der Waals surface area (Å²) < 4.78 is 6.16. The minimum atomic E-state index is 0.601. The number of pyridine rings is 1. The van der Waals surface area contributed by atoms with E-state index in [1.165, 1.54) is 17.7 Å². The standard InChI is InChI=1S/C18H20N2O/c1-20-11-14-7-9-21-18-15(13-4-3-8-19-10-13)5-2-6-16(18)17(14)12-20/h2-6,8,10,14,17H,7,9,11-12H2,1H3/t14?,17-/m0/s1. The SMILES string of the molecule is CN1CC2CCOc3c(-c4cccnc4)cccc3[C@H]2C1. The van der Waals surface area contributed by atoms with Crippen molar-refractivity contribution in [3.63, 3.8) is 0 Å². The van der Waals surface area contributed by atoms with Crippen molar-refractivity contribution in [1.82, 2.24) is 9.88 Å². The molecule has 0 bridgehead atoms. The van der Waals surface area contributed by atoms with Gasteiger partial charge in [0, 0.05) is 42.5 Å². The zero-order valence-corrected chi connectivity index (χ0v) is 12.3. The van der Waals surface area contributed by atoms with Gasteiger partial charge in [-0.15, -0.1) is 0 Å². The molecule has 21 heavy (non-hydrogen) atoms. The average Bonchev–Trinajstić information content (AvgIpc) is 2.80. The molecule has 1 aromatic heterocycles. The first-order valence-electron chi connectivity index (χ1n) is 7.67. The van der Waals surface area contributed by atoms with Crippen LogP contribution in [0.1, 0.15) is 17.9 Å². The zero-order chi connectivity index (χ0) is 14.2. The highest BCUT2D eigenvalue weighted by molar-refractivity contribution is 5.72. The molecule has 0 amide bonds. The second-order valence-corrected chi connectivity index (χ2v) is 6.19. The zero-order valence-electron chi connectivity index (χ0n) is 12.3. The Morgan fingerprint density at radius 1 is 1.19 bits per heavy atom. The summed E-state index contributed by atoms with van der Waals surface area (Å²) in [5.41, 5.74) is 3.69. The number of hydrogen-bond donors (Lipinski definition) is 0. The van der Waals surface area contributed by atoms with Gasteiger partial charge in [-0.25, -0.2) is 0 Å². The topological polar surface area (TPSA) is 25.4 Å². The molecule has 0 saturated carbocycles. The highest BCUT2D eigenvalue weighted by atomic mass is 16.5. The largest absolute Gasteiger partial charge is 0.493 e. The maximum absolute atomic E-state index is 6.16. The predicted molar refractivity (Wildman–Crippen MR) is 83.5 cm³/mol. The first-order chi connectivity index (χ1) is 10.3. The molecule has 0 N–H and O–H groups in total. The van der Waals surface area contributed by atoms with Gasteiger partial charge in [-0.1, -0.05) is 24.3 Å². The third-order valence-corrected chi connectivity index (χ3v) is 4.78. The molecular weight excluding hydrogens is 260 g/mol. The fourth-order valence-corrected chi connectivity index (χ4v) is 3.80. The molecule has 1 fully saturated rings. The van der Waals surface area contributed by atoms with Crippen molar-refractivity contribution in [2.24, 2.45) is 5.92 Å². The van der Waals surface area contributed by atoms with Crippen molar-refractivity contribution in [3.8, 4) is 16.9 Å². The first kappa shape index (κ1) is 12.8. The Morgan fingerprint density at radius 3 is 3.00 bits per heavy atom. The number of likely N-dealkylation sites (tertiary alicyclic amines) is 1. The number of aromatic nitrogens is 1. The fraction of sp³-hybridized carbons (Fsp3) is 0.389. The summed E-state index contributed by atoms with van der Waals surface area (Å²) in [6.07, 6.45) is 4.88. The molecule has 0 spiro atoms. The van der Waals surface area contributed by atoms with Crippen LogP contribution in [0.5, 0.6) is 5.75 Å². The second kappa shape index (κ2) is 5.15. The molecule has 2 atom stereocenters. The van der Waals surface area contributed by atoms with Crippen molar-refractivity contribution < 1.29 is 4.74 Å². The van der Waals surface area contributed by atoms with E-state index < -0.39 is 0 Å². The van der Waals surface area contributed by atoms with Gasteiger partial charge in [0.1, 0.15) is 5.75 Å². The Hall–Kier alpha value is -1.87. The normalized spacial score (nSPS) is 24.8.